The van der Waals surface area contributed by atoms with Crippen LogP contribution in [0.1, 0.15) is 35.1 Å². The number of rotatable bonds is 1. The Balaban J connectivity index is 2.19. The first-order valence-electron chi connectivity index (χ1n) is 6.67. The summed E-state index contributed by atoms with van der Waals surface area (Å²) in [6.07, 6.45) is 1.55. The van der Waals surface area contributed by atoms with Crippen LogP contribution in [0.4, 0.5) is 0 Å². The molecule has 0 unspecified atom stereocenters. The fourth-order valence-corrected chi connectivity index (χ4v) is 3.24. The Labute approximate surface area is 128 Å². The van der Waals surface area contributed by atoms with Crippen molar-refractivity contribution >= 4 is 29.0 Å². The van der Waals surface area contributed by atoms with Crippen molar-refractivity contribution in [2.24, 2.45) is 5.92 Å². The van der Waals surface area contributed by atoms with E-state index in [4.69, 9.17) is 23.2 Å². The van der Waals surface area contributed by atoms with E-state index in [0.717, 1.165) is 29.1 Å². The summed E-state index contributed by atoms with van der Waals surface area (Å²) in [7, 11) is 0. The van der Waals surface area contributed by atoms with Gasteiger partial charge in [-0.3, -0.25) is 4.79 Å². The summed E-state index contributed by atoms with van der Waals surface area (Å²) in [5.74, 6) is 0.617. The van der Waals surface area contributed by atoms with E-state index in [1.165, 1.54) is 0 Å². The molecule has 2 aromatic rings. The number of fused-ring (bicyclic) bond motifs is 1. The van der Waals surface area contributed by atoms with Gasteiger partial charge in [0.15, 0.2) is 5.78 Å². The number of carbonyl (C=O) groups excluding carboxylic acids is 1. The minimum atomic E-state index is 0.237. The van der Waals surface area contributed by atoms with Crippen LogP contribution in [0.15, 0.2) is 24.3 Å². The molecule has 3 rings (SSSR count). The maximum absolute atomic E-state index is 12.2. The molecule has 0 radical (unpaired) electrons. The van der Waals surface area contributed by atoms with Gasteiger partial charge in [-0.05, 0) is 43.5 Å². The van der Waals surface area contributed by atoms with Crippen LogP contribution >= 0.6 is 23.2 Å². The lowest BCUT2D eigenvalue weighted by atomic mass is 9.88. The minimum Gasteiger partial charge on any atom is -0.317 e. The summed E-state index contributed by atoms with van der Waals surface area (Å²) in [5, 5.41) is 1.07. The Morgan fingerprint density at radius 2 is 1.90 bits per heavy atom. The topological polar surface area (TPSA) is 22.0 Å². The van der Waals surface area contributed by atoms with Crippen molar-refractivity contribution in [2.45, 2.75) is 26.7 Å². The molecule has 2 nitrogen and oxygen atoms in total. The summed E-state index contributed by atoms with van der Waals surface area (Å²) in [6.45, 7) is 4.13. The van der Waals surface area contributed by atoms with Gasteiger partial charge >= 0.3 is 0 Å². The maximum Gasteiger partial charge on any atom is 0.164 e. The molecule has 0 bridgehead atoms. The Morgan fingerprint density at radius 1 is 1.15 bits per heavy atom. The highest BCUT2D eigenvalue weighted by Crippen LogP contribution is 2.32. The van der Waals surface area contributed by atoms with E-state index in [0.29, 0.717) is 22.4 Å². The molecule has 0 N–H and O–H groups in total. The van der Waals surface area contributed by atoms with Crippen molar-refractivity contribution in [2.75, 3.05) is 0 Å². The first kappa shape index (κ1) is 13.7. The molecule has 0 saturated carbocycles. The van der Waals surface area contributed by atoms with E-state index in [1.807, 2.05) is 25.1 Å². The Kier molecular flexibility index (Phi) is 3.39. The van der Waals surface area contributed by atoms with Gasteiger partial charge in [0.1, 0.15) is 0 Å². The number of carbonyl (C=O) groups is 1. The molecule has 1 aliphatic rings. The van der Waals surface area contributed by atoms with Gasteiger partial charge in [0.2, 0.25) is 0 Å². The molecule has 104 valence electrons. The molecule has 4 heteroatoms. The van der Waals surface area contributed by atoms with E-state index in [9.17, 15) is 4.79 Å². The van der Waals surface area contributed by atoms with Crippen LogP contribution in [0.3, 0.4) is 0 Å². The van der Waals surface area contributed by atoms with E-state index in [2.05, 4.69) is 11.5 Å². The first-order valence-corrected chi connectivity index (χ1v) is 7.43. The average molecular weight is 308 g/mol. The van der Waals surface area contributed by atoms with Gasteiger partial charge in [0, 0.05) is 29.1 Å². The van der Waals surface area contributed by atoms with Gasteiger partial charge in [0.25, 0.3) is 0 Å². The third-order valence-electron chi connectivity index (χ3n) is 3.82. The first-order chi connectivity index (χ1) is 9.47. The summed E-state index contributed by atoms with van der Waals surface area (Å²) >= 11 is 12.1. The van der Waals surface area contributed by atoms with Crippen LogP contribution in [0.2, 0.25) is 10.0 Å². The van der Waals surface area contributed by atoms with Crippen LogP contribution in [-0.2, 0) is 6.42 Å². The van der Waals surface area contributed by atoms with E-state index >= 15 is 0 Å². The molecule has 0 aliphatic heterocycles. The van der Waals surface area contributed by atoms with Crippen molar-refractivity contribution in [3.63, 3.8) is 0 Å². The van der Waals surface area contributed by atoms with Gasteiger partial charge in [-0.2, -0.15) is 0 Å². The minimum absolute atomic E-state index is 0.237. The lowest BCUT2D eigenvalue weighted by molar-refractivity contribution is 0.0952. The molecule has 20 heavy (non-hydrogen) atoms. The summed E-state index contributed by atoms with van der Waals surface area (Å²) in [5.41, 5.74) is 3.95. The van der Waals surface area contributed by atoms with Crippen molar-refractivity contribution in [1.29, 1.82) is 0 Å². The van der Waals surface area contributed by atoms with Crippen molar-refractivity contribution < 1.29 is 4.79 Å². The molecule has 1 aromatic carbocycles. The number of ketones is 1. The third-order valence-corrected chi connectivity index (χ3v) is 4.56. The smallest absolute Gasteiger partial charge is 0.164 e. The van der Waals surface area contributed by atoms with Crippen molar-refractivity contribution in [1.82, 2.24) is 4.57 Å². The fourth-order valence-electron chi connectivity index (χ4n) is 2.95. The zero-order chi connectivity index (χ0) is 14.4. The van der Waals surface area contributed by atoms with Crippen LogP contribution in [0, 0.1) is 12.8 Å². The van der Waals surface area contributed by atoms with E-state index in [-0.39, 0.29) is 5.78 Å². The lowest BCUT2D eigenvalue weighted by Crippen LogP contribution is -2.19. The maximum atomic E-state index is 12.2. The number of aryl methyl sites for hydroxylation is 1. The second-order valence-electron chi connectivity index (χ2n) is 5.52. The standard InChI is InChI=1S/C16H15Cl2NO/c1-9-5-15-12(16(20)6-9)7-10(2)19(15)11-3-4-13(17)14(18)8-11/h3-4,7-9H,5-6H2,1-2H3/t9-/m0/s1. The normalized spacial score (nSPS) is 18.2. The number of nitrogens with zero attached hydrogens (tertiary/aromatic N) is 1. The number of aromatic nitrogens is 1. The summed E-state index contributed by atoms with van der Waals surface area (Å²) in [6, 6.07) is 7.55. The molecule has 0 saturated heterocycles. The summed E-state index contributed by atoms with van der Waals surface area (Å²) in [4.78, 5) is 12.2. The molecular weight excluding hydrogens is 293 g/mol. The quantitative estimate of drug-likeness (QED) is 0.737. The van der Waals surface area contributed by atoms with Crippen LogP contribution < -0.4 is 0 Å². The van der Waals surface area contributed by atoms with Crippen LogP contribution in [0.5, 0.6) is 0 Å². The van der Waals surface area contributed by atoms with E-state index < -0.39 is 0 Å². The SMILES string of the molecule is Cc1cc2c(n1-c1ccc(Cl)c(Cl)c1)C[C@H](C)CC2=O. The molecular formula is C16H15Cl2NO. The van der Waals surface area contributed by atoms with Gasteiger partial charge in [-0.15, -0.1) is 0 Å². The van der Waals surface area contributed by atoms with Gasteiger partial charge in [-0.1, -0.05) is 30.1 Å². The number of hydrogen-bond acceptors (Lipinski definition) is 1. The predicted octanol–water partition coefficient (Wildman–Crippen LogP) is 4.86. The Morgan fingerprint density at radius 3 is 2.60 bits per heavy atom. The Hall–Kier alpha value is -1.25. The molecule has 0 spiro atoms. The molecule has 1 aliphatic carbocycles. The number of benzene rings is 1. The highest BCUT2D eigenvalue weighted by Gasteiger charge is 2.27. The number of halogens is 2. The summed E-state index contributed by atoms with van der Waals surface area (Å²) < 4.78 is 2.12. The van der Waals surface area contributed by atoms with Crippen LogP contribution in [-0.4, -0.2) is 10.4 Å². The predicted molar refractivity (Wildman–Crippen MR) is 82.3 cm³/mol. The third kappa shape index (κ3) is 2.17. The van der Waals surface area contributed by atoms with Crippen molar-refractivity contribution in [3.05, 3.63) is 51.3 Å². The average Bonchev–Trinajstić information content (AvgIpc) is 2.70. The highest BCUT2D eigenvalue weighted by molar-refractivity contribution is 6.42. The second-order valence-corrected chi connectivity index (χ2v) is 6.33. The molecule has 0 fully saturated rings. The van der Waals surface area contributed by atoms with Crippen molar-refractivity contribution in [3.8, 4) is 5.69 Å². The van der Waals surface area contributed by atoms with Crippen LogP contribution in [0.25, 0.3) is 5.69 Å². The van der Waals surface area contributed by atoms with Gasteiger partial charge in [0.05, 0.1) is 10.0 Å². The molecule has 1 heterocycles. The van der Waals surface area contributed by atoms with E-state index in [1.54, 1.807) is 6.07 Å². The number of hydrogen-bond donors (Lipinski definition) is 0. The van der Waals surface area contributed by atoms with Gasteiger partial charge < -0.3 is 4.57 Å². The lowest BCUT2D eigenvalue weighted by Gasteiger charge is -2.21. The van der Waals surface area contributed by atoms with Gasteiger partial charge in [-0.25, -0.2) is 0 Å². The molecule has 1 atom stereocenters. The largest absolute Gasteiger partial charge is 0.317 e. The molecule has 0 amide bonds. The molecule has 1 aromatic heterocycles. The number of Topliss-reactive ketones (excluding diaryl/α,β-unsaturated/α-hetero) is 1. The monoisotopic (exact) mass is 307 g/mol. The zero-order valence-electron chi connectivity index (χ0n) is 11.4. The second kappa shape index (κ2) is 4.94. The fraction of sp³-hybridized carbons (Fsp3) is 0.312. The Bertz CT molecular complexity index is 703. The highest BCUT2D eigenvalue weighted by atomic mass is 35.5. The zero-order valence-corrected chi connectivity index (χ0v) is 12.9.